The number of rotatable bonds is 6. The fourth-order valence-corrected chi connectivity index (χ4v) is 3.50. The van der Waals surface area contributed by atoms with Crippen molar-refractivity contribution in [2.45, 2.75) is 31.9 Å². The van der Waals surface area contributed by atoms with Crippen molar-refractivity contribution in [3.8, 4) is 11.1 Å². The molecule has 144 valence electrons. The number of hydrogen-bond acceptors (Lipinski definition) is 4. The van der Waals surface area contributed by atoms with Crippen molar-refractivity contribution in [2.24, 2.45) is 0 Å². The lowest BCUT2D eigenvalue weighted by Gasteiger charge is -2.31. The van der Waals surface area contributed by atoms with Gasteiger partial charge in [0.2, 0.25) is 0 Å². The van der Waals surface area contributed by atoms with Crippen LogP contribution < -0.4 is 5.32 Å². The number of nitrogens with one attached hydrogen (secondary N) is 1. The minimum absolute atomic E-state index is 0.0418. The van der Waals surface area contributed by atoms with E-state index in [1.54, 1.807) is 6.92 Å². The van der Waals surface area contributed by atoms with E-state index < -0.39 is 6.10 Å². The molecule has 0 radical (unpaired) electrons. The Kier molecular flexibility index (Phi) is 6.61. The van der Waals surface area contributed by atoms with Crippen LogP contribution in [-0.2, 0) is 0 Å². The van der Waals surface area contributed by atoms with Gasteiger partial charge >= 0.3 is 0 Å². The highest BCUT2D eigenvalue weighted by atomic mass is 16.3. The molecular weight excluding hydrogens is 340 g/mol. The van der Waals surface area contributed by atoms with E-state index in [1.807, 2.05) is 48.5 Å². The summed E-state index contributed by atoms with van der Waals surface area (Å²) in [5, 5.41) is 21.9. The number of aliphatic hydroxyl groups excluding tert-OH is 2. The summed E-state index contributed by atoms with van der Waals surface area (Å²) in [5.41, 5.74) is 3.58. The fraction of sp³-hybridized carbons (Fsp3) is 0.409. The van der Waals surface area contributed by atoms with Crippen LogP contribution in [0.2, 0.25) is 0 Å². The van der Waals surface area contributed by atoms with Crippen LogP contribution in [0.15, 0.2) is 48.5 Å². The second-order valence-corrected chi connectivity index (χ2v) is 7.19. The average Bonchev–Trinajstić information content (AvgIpc) is 2.70. The molecule has 0 spiro atoms. The van der Waals surface area contributed by atoms with Crippen LogP contribution in [0.4, 0.5) is 0 Å². The zero-order valence-corrected chi connectivity index (χ0v) is 15.8. The van der Waals surface area contributed by atoms with E-state index in [1.165, 1.54) is 0 Å². The predicted molar refractivity (Wildman–Crippen MR) is 107 cm³/mol. The number of carbonyl (C=O) groups excluding carboxylic acids is 1. The van der Waals surface area contributed by atoms with Gasteiger partial charge in [-0.3, -0.25) is 4.79 Å². The lowest BCUT2D eigenvalue weighted by molar-refractivity contribution is 0.0903. The minimum Gasteiger partial charge on any atom is -0.395 e. The largest absolute Gasteiger partial charge is 0.395 e. The first kappa shape index (κ1) is 19.5. The Bertz CT molecular complexity index is 750. The number of hydrogen-bond donors (Lipinski definition) is 3. The quantitative estimate of drug-likeness (QED) is 0.733. The molecule has 5 nitrogen and oxygen atoms in total. The molecule has 3 rings (SSSR count). The smallest absolute Gasteiger partial charge is 0.251 e. The number of amides is 1. The van der Waals surface area contributed by atoms with E-state index in [0.29, 0.717) is 12.1 Å². The first-order chi connectivity index (χ1) is 13.1. The topological polar surface area (TPSA) is 72.8 Å². The number of aliphatic hydroxyl groups is 2. The van der Waals surface area contributed by atoms with Crippen LogP contribution >= 0.6 is 0 Å². The molecule has 2 aromatic carbocycles. The fourth-order valence-electron chi connectivity index (χ4n) is 3.50. The Morgan fingerprint density at radius 1 is 1.15 bits per heavy atom. The summed E-state index contributed by atoms with van der Waals surface area (Å²) in [7, 11) is 0. The van der Waals surface area contributed by atoms with Crippen LogP contribution in [0.5, 0.6) is 0 Å². The summed E-state index contributed by atoms with van der Waals surface area (Å²) in [6.07, 6.45) is 1.32. The maximum absolute atomic E-state index is 12.5. The summed E-state index contributed by atoms with van der Waals surface area (Å²) in [6.45, 7) is 4.46. The van der Waals surface area contributed by atoms with Gasteiger partial charge < -0.3 is 20.4 Å². The van der Waals surface area contributed by atoms with Crippen molar-refractivity contribution in [1.29, 1.82) is 0 Å². The zero-order chi connectivity index (χ0) is 19.2. The number of β-amino-alcohol motifs (C(OH)–C–C–N with tert-alkyl or cyclic N) is 1. The van der Waals surface area contributed by atoms with E-state index in [4.69, 9.17) is 5.11 Å². The first-order valence-electron chi connectivity index (χ1n) is 9.59. The Morgan fingerprint density at radius 2 is 1.85 bits per heavy atom. The summed E-state index contributed by atoms with van der Waals surface area (Å²) in [6, 6.07) is 15.6. The molecule has 0 saturated carbocycles. The summed E-state index contributed by atoms with van der Waals surface area (Å²) >= 11 is 0. The van der Waals surface area contributed by atoms with Gasteiger partial charge in [-0.2, -0.15) is 0 Å². The van der Waals surface area contributed by atoms with Crippen LogP contribution in [0.3, 0.4) is 0 Å². The van der Waals surface area contributed by atoms with Crippen LogP contribution in [0.25, 0.3) is 11.1 Å². The van der Waals surface area contributed by atoms with Crippen molar-refractivity contribution in [3.05, 3.63) is 59.7 Å². The standard InChI is InChI=1S/C22H28N2O3/c1-16(26)19-3-2-4-20(15-19)17-5-7-18(8-6-17)22(27)23-21-9-11-24(12-10-21)13-14-25/h2-8,15-16,21,25-26H,9-14H2,1H3,(H,23,27)/t16-/m1/s1. The lowest BCUT2D eigenvalue weighted by atomic mass is 9.99. The number of carbonyl (C=O) groups is 1. The Morgan fingerprint density at radius 3 is 2.48 bits per heavy atom. The van der Waals surface area contributed by atoms with Gasteiger partial charge in [0.25, 0.3) is 5.91 Å². The highest BCUT2D eigenvalue weighted by Gasteiger charge is 2.20. The van der Waals surface area contributed by atoms with Crippen molar-refractivity contribution < 1.29 is 15.0 Å². The molecule has 1 saturated heterocycles. The van der Waals surface area contributed by atoms with Gasteiger partial charge in [0.1, 0.15) is 0 Å². The second-order valence-electron chi connectivity index (χ2n) is 7.19. The van der Waals surface area contributed by atoms with Crippen molar-refractivity contribution in [2.75, 3.05) is 26.2 Å². The Balaban J connectivity index is 1.60. The number of benzene rings is 2. The van der Waals surface area contributed by atoms with Crippen molar-refractivity contribution >= 4 is 5.91 Å². The van der Waals surface area contributed by atoms with Crippen LogP contribution in [0.1, 0.15) is 41.8 Å². The van der Waals surface area contributed by atoms with Gasteiger partial charge in [0.05, 0.1) is 12.7 Å². The molecule has 1 atom stereocenters. The van der Waals surface area contributed by atoms with E-state index in [9.17, 15) is 9.90 Å². The van der Waals surface area contributed by atoms with Gasteiger partial charge in [-0.1, -0.05) is 30.3 Å². The molecule has 1 heterocycles. The van der Waals surface area contributed by atoms with Gasteiger partial charge in [-0.25, -0.2) is 0 Å². The summed E-state index contributed by atoms with van der Waals surface area (Å²) in [4.78, 5) is 14.7. The van der Waals surface area contributed by atoms with E-state index in [2.05, 4.69) is 10.2 Å². The lowest BCUT2D eigenvalue weighted by Crippen LogP contribution is -2.45. The summed E-state index contributed by atoms with van der Waals surface area (Å²) in [5.74, 6) is -0.0418. The van der Waals surface area contributed by atoms with Gasteiger partial charge in [0, 0.05) is 31.2 Å². The Hall–Kier alpha value is -2.21. The van der Waals surface area contributed by atoms with Crippen LogP contribution in [-0.4, -0.2) is 53.3 Å². The molecule has 3 N–H and O–H groups in total. The molecule has 2 aromatic rings. The van der Waals surface area contributed by atoms with E-state index >= 15 is 0 Å². The van der Waals surface area contributed by atoms with Crippen molar-refractivity contribution in [3.63, 3.8) is 0 Å². The SMILES string of the molecule is C[C@@H](O)c1cccc(-c2ccc(C(=O)NC3CCN(CCO)CC3)cc2)c1. The van der Waals surface area contributed by atoms with Crippen LogP contribution in [0, 0.1) is 0 Å². The maximum Gasteiger partial charge on any atom is 0.251 e. The third-order valence-electron chi connectivity index (χ3n) is 5.19. The third-order valence-corrected chi connectivity index (χ3v) is 5.19. The molecular formula is C22H28N2O3. The average molecular weight is 368 g/mol. The molecule has 1 aliphatic rings. The molecule has 1 fully saturated rings. The van der Waals surface area contributed by atoms with E-state index in [0.717, 1.165) is 42.6 Å². The normalized spacial score (nSPS) is 16.9. The highest BCUT2D eigenvalue weighted by Crippen LogP contribution is 2.23. The monoisotopic (exact) mass is 368 g/mol. The van der Waals surface area contributed by atoms with Gasteiger partial charge in [-0.05, 0) is 54.7 Å². The second kappa shape index (κ2) is 9.13. The number of piperidine rings is 1. The highest BCUT2D eigenvalue weighted by molar-refractivity contribution is 5.94. The predicted octanol–water partition coefficient (Wildman–Crippen LogP) is 2.59. The molecule has 0 aromatic heterocycles. The molecule has 5 heteroatoms. The number of likely N-dealkylation sites (tertiary alicyclic amines) is 1. The molecule has 0 aliphatic carbocycles. The maximum atomic E-state index is 12.5. The number of nitrogens with zero attached hydrogens (tertiary/aromatic N) is 1. The summed E-state index contributed by atoms with van der Waals surface area (Å²) < 4.78 is 0. The third kappa shape index (κ3) is 5.16. The van der Waals surface area contributed by atoms with Crippen molar-refractivity contribution in [1.82, 2.24) is 10.2 Å². The zero-order valence-electron chi connectivity index (χ0n) is 15.8. The molecule has 27 heavy (non-hydrogen) atoms. The molecule has 1 aliphatic heterocycles. The Labute approximate surface area is 160 Å². The van der Waals surface area contributed by atoms with Gasteiger partial charge in [-0.15, -0.1) is 0 Å². The minimum atomic E-state index is -0.501. The molecule has 1 amide bonds. The van der Waals surface area contributed by atoms with Gasteiger partial charge in [0.15, 0.2) is 0 Å². The molecule has 0 unspecified atom stereocenters. The first-order valence-corrected chi connectivity index (χ1v) is 9.59. The molecule has 0 bridgehead atoms. The van der Waals surface area contributed by atoms with E-state index in [-0.39, 0.29) is 18.6 Å².